The highest BCUT2D eigenvalue weighted by Crippen LogP contribution is 2.09. The van der Waals surface area contributed by atoms with Crippen molar-refractivity contribution in [2.24, 2.45) is 0 Å². The van der Waals surface area contributed by atoms with Crippen molar-refractivity contribution in [3.05, 3.63) is 29.8 Å². The normalized spacial score (nSPS) is 11.9. The molecule has 0 N–H and O–H groups in total. The molecule has 0 bridgehead atoms. The van der Waals surface area contributed by atoms with Crippen LogP contribution in [0.4, 0.5) is 0 Å². The van der Waals surface area contributed by atoms with Crippen molar-refractivity contribution in [1.29, 1.82) is 0 Å². The van der Waals surface area contributed by atoms with Crippen LogP contribution >= 0.6 is 0 Å². The van der Waals surface area contributed by atoms with E-state index in [9.17, 15) is 13.8 Å². The van der Waals surface area contributed by atoms with E-state index < -0.39 is 16.8 Å². The lowest BCUT2D eigenvalue weighted by molar-refractivity contribution is -0.137. The minimum absolute atomic E-state index is 0.0506. The molecule has 5 heteroatoms. The highest BCUT2D eigenvalue weighted by Gasteiger charge is 2.10. The molecule has 0 heterocycles. The van der Waals surface area contributed by atoms with E-state index in [1.807, 2.05) is 0 Å². The van der Waals surface area contributed by atoms with Gasteiger partial charge in [0.1, 0.15) is 5.75 Å². The third-order valence-corrected chi connectivity index (χ3v) is 3.30. The Hall–Kier alpha value is -1.49. The van der Waals surface area contributed by atoms with Crippen LogP contribution in [0, 0.1) is 0 Å². The van der Waals surface area contributed by atoms with E-state index in [2.05, 4.69) is 4.74 Å². The molecule has 0 spiro atoms. The molecule has 0 fully saturated rings. The fourth-order valence-corrected chi connectivity index (χ4v) is 2.03. The van der Waals surface area contributed by atoms with Crippen LogP contribution in [0.2, 0.25) is 0 Å². The molecule has 0 amide bonds. The van der Waals surface area contributed by atoms with Gasteiger partial charge < -0.3 is 4.74 Å². The quantitative estimate of drug-likeness (QED) is 0.585. The van der Waals surface area contributed by atoms with Gasteiger partial charge in [0.25, 0.3) is 0 Å². The Kier molecular flexibility index (Phi) is 4.37. The SMILES string of the molecule is COC(=O)CS(=O)c1ccc(C(C)=O)cc1. The second-order valence-corrected chi connectivity index (χ2v) is 4.60. The third kappa shape index (κ3) is 3.27. The van der Waals surface area contributed by atoms with Crippen LogP contribution in [-0.2, 0) is 20.3 Å². The van der Waals surface area contributed by atoms with Gasteiger partial charge in [-0.25, -0.2) is 0 Å². The summed E-state index contributed by atoms with van der Waals surface area (Å²) in [5.41, 5.74) is 0.554. The van der Waals surface area contributed by atoms with Gasteiger partial charge in [-0.1, -0.05) is 12.1 Å². The Balaban J connectivity index is 2.78. The molecule has 0 aliphatic heterocycles. The largest absolute Gasteiger partial charge is 0.468 e. The van der Waals surface area contributed by atoms with E-state index in [-0.39, 0.29) is 11.5 Å². The average molecular weight is 240 g/mol. The summed E-state index contributed by atoms with van der Waals surface area (Å²) in [5, 5.41) is 0. The molecule has 1 rings (SSSR count). The lowest BCUT2D eigenvalue weighted by atomic mass is 10.2. The summed E-state index contributed by atoms with van der Waals surface area (Å²) in [5.74, 6) is -0.741. The number of hydrogen-bond donors (Lipinski definition) is 0. The summed E-state index contributed by atoms with van der Waals surface area (Å²) < 4.78 is 16.0. The highest BCUT2D eigenvalue weighted by atomic mass is 32.2. The standard InChI is InChI=1S/C11H12O4S/c1-8(12)9-3-5-10(6-4-9)16(14)7-11(13)15-2/h3-6H,7H2,1-2H3. The number of benzene rings is 1. The minimum Gasteiger partial charge on any atom is -0.468 e. The molecule has 0 aromatic heterocycles. The van der Waals surface area contributed by atoms with Gasteiger partial charge in [-0.15, -0.1) is 0 Å². The molecule has 86 valence electrons. The molecule has 1 atom stereocenters. The summed E-state index contributed by atoms with van der Waals surface area (Å²) in [6.07, 6.45) is 0. The third-order valence-electron chi connectivity index (χ3n) is 2.00. The van der Waals surface area contributed by atoms with Crippen LogP contribution < -0.4 is 0 Å². The number of methoxy groups -OCH3 is 1. The number of rotatable bonds is 4. The molecule has 1 aromatic carbocycles. The van der Waals surface area contributed by atoms with E-state index in [4.69, 9.17) is 0 Å². The summed E-state index contributed by atoms with van der Waals surface area (Å²) in [6.45, 7) is 1.46. The maximum atomic E-state index is 11.6. The fraction of sp³-hybridized carbons (Fsp3) is 0.273. The highest BCUT2D eigenvalue weighted by molar-refractivity contribution is 7.85. The Labute approximate surface area is 96.1 Å². The Morgan fingerprint density at radius 3 is 2.25 bits per heavy atom. The molecule has 16 heavy (non-hydrogen) atoms. The van der Waals surface area contributed by atoms with Crippen molar-refractivity contribution < 1.29 is 18.5 Å². The molecule has 1 aromatic rings. The molecule has 0 aliphatic rings. The Bertz CT molecular complexity index is 422. The zero-order valence-electron chi connectivity index (χ0n) is 9.06. The molecule has 0 radical (unpaired) electrons. The zero-order valence-corrected chi connectivity index (χ0v) is 9.87. The topological polar surface area (TPSA) is 60.4 Å². The van der Waals surface area contributed by atoms with E-state index in [1.165, 1.54) is 14.0 Å². The molecule has 0 saturated carbocycles. The summed E-state index contributed by atoms with van der Waals surface area (Å²) in [6, 6.07) is 6.34. The number of esters is 1. The second-order valence-electron chi connectivity index (χ2n) is 3.15. The zero-order chi connectivity index (χ0) is 12.1. The summed E-state index contributed by atoms with van der Waals surface area (Å²) in [4.78, 5) is 22.4. The molecular weight excluding hydrogens is 228 g/mol. The van der Waals surface area contributed by atoms with Crippen LogP contribution in [0.5, 0.6) is 0 Å². The van der Waals surface area contributed by atoms with Crippen molar-refractivity contribution in [2.75, 3.05) is 12.9 Å². The fourth-order valence-electron chi connectivity index (χ4n) is 1.09. The second kappa shape index (κ2) is 5.55. The van der Waals surface area contributed by atoms with Crippen LogP contribution in [0.3, 0.4) is 0 Å². The average Bonchev–Trinajstić information content (AvgIpc) is 2.28. The van der Waals surface area contributed by atoms with E-state index in [0.29, 0.717) is 10.5 Å². The van der Waals surface area contributed by atoms with Gasteiger partial charge >= 0.3 is 5.97 Å². The predicted molar refractivity (Wildman–Crippen MR) is 59.7 cm³/mol. The minimum atomic E-state index is -1.42. The van der Waals surface area contributed by atoms with Gasteiger partial charge in [0.2, 0.25) is 0 Å². The van der Waals surface area contributed by atoms with Gasteiger partial charge in [0, 0.05) is 10.5 Å². The molecule has 0 saturated heterocycles. The van der Waals surface area contributed by atoms with Crippen LogP contribution in [-0.4, -0.2) is 28.8 Å². The van der Waals surface area contributed by atoms with E-state index in [1.54, 1.807) is 24.3 Å². The summed E-state index contributed by atoms with van der Waals surface area (Å²) >= 11 is 0. The van der Waals surface area contributed by atoms with Gasteiger partial charge in [-0.3, -0.25) is 13.8 Å². The summed E-state index contributed by atoms with van der Waals surface area (Å²) in [7, 11) is -0.172. The molecular formula is C11H12O4S. The lowest BCUT2D eigenvalue weighted by Crippen LogP contribution is -2.12. The van der Waals surface area contributed by atoms with Crippen LogP contribution in [0.1, 0.15) is 17.3 Å². The van der Waals surface area contributed by atoms with Gasteiger partial charge in [-0.05, 0) is 19.1 Å². The van der Waals surface area contributed by atoms with Crippen molar-refractivity contribution in [3.8, 4) is 0 Å². The smallest absolute Gasteiger partial charge is 0.318 e. The number of ether oxygens (including phenoxy) is 1. The Morgan fingerprint density at radius 1 is 1.25 bits per heavy atom. The first-order chi connectivity index (χ1) is 7.54. The van der Waals surface area contributed by atoms with Crippen molar-refractivity contribution in [1.82, 2.24) is 0 Å². The number of carbonyl (C=O) groups is 2. The predicted octanol–water partition coefficient (Wildman–Crippen LogP) is 1.17. The number of hydrogen-bond acceptors (Lipinski definition) is 4. The number of ketones is 1. The molecule has 0 aliphatic carbocycles. The maximum Gasteiger partial charge on any atom is 0.318 e. The Morgan fingerprint density at radius 2 is 1.81 bits per heavy atom. The first-order valence-corrected chi connectivity index (χ1v) is 5.92. The first kappa shape index (κ1) is 12.6. The van der Waals surface area contributed by atoms with Crippen LogP contribution in [0.15, 0.2) is 29.2 Å². The number of carbonyl (C=O) groups excluding carboxylic acids is 2. The monoisotopic (exact) mass is 240 g/mol. The van der Waals surface area contributed by atoms with Crippen molar-refractivity contribution in [3.63, 3.8) is 0 Å². The van der Waals surface area contributed by atoms with Gasteiger partial charge in [-0.2, -0.15) is 0 Å². The van der Waals surface area contributed by atoms with Gasteiger partial charge in [0.05, 0.1) is 17.9 Å². The number of Topliss-reactive ketones (excluding diaryl/α,β-unsaturated/α-hetero) is 1. The van der Waals surface area contributed by atoms with Crippen LogP contribution in [0.25, 0.3) is 0 Å². The van der Waals surface area contributed by atoms with E-state index in [0.717, 1.165) is 0 Å². The molecule has 1 unspecified atom stereocenters. The maximum absolute atomic E-state index is 11.6. The van der Waals surface area contributed by atoms with Crippen molar-refractivity contribution >= 4 is 22.6 Å². The van der Waals surface area contributed by atoms with E-state index >= 15 is 0 Å². The first-order valence-electron chi connectivity index (χ1n) is 4.61. The lowest BCUT2D eigenvalue weighted by Gasteiger charge is -2.01. The van der Waals surface area contributed by atoms with Gasteiger partial charge in [0.15, 0.2) is 5.78 Å². The molecule has 4 nitrogen and oxygen atoms in total. The van der Waals surface area contributed by atoms with Crippen molar-refractivity contribution in [2.45, 2.75) is 11.8 Å².